The fraction of sp³-hybridized carbons (Fsp3) is 0.538. The second-order valence-corrected chi connectivity index (χ2v) is 7.31. The molecule has 1 fully saturated rings. The maximum absolute atomic E-state index is 12.5. The molecule has 0 saturated carbocycles. The summed E-state index contributed by atoms with van der Waals surface area (Å²) in [6.07, 6.45) is 3.03. The van der Waals surface area contributed by atoms with Gasteiger partial charge >= 0.3 is 0 Å². The minimum atomic E-state index is -3.45. The number of anilines is 1. The molecule has 0 aromatic heterocycles. The van der Waals surface area contributed by atoms with Gasteiger partial charge in [0.05, 0.1) is 15.6 Å². The third-order valence-corrected chi connectivity index (χ3v) is 5.86. The lowest BCUT2D eigenvalue weighted by Gasteiger charge is -2.31. The topological polar surface area (TPSA) is 63.4 Å². The molecular formula is C13H19ClN2O2S. The molecular weight excluding hydrogens is 284 g/mol. The van der Waals surface area contributed by atoms with Gasteiger partial charge in [0.1, 0.15) is 0 Å². The highest BCUT2D eigenvalue weighted by Crippen LogP contribution is 2.28. The minimum Gasteiger partial charge on any atom is -0.398 e. The lowest BCUT2D eigenvalue weighted by Crippen LogP contribution is -2.39. The van der Waals surface area contributed by atoms with Crippen molar-refractivity contribution < 1.29 is 8.42 Å². The van der Waals surface area contributed by atoms with Crippen molar-refractivity contribution in [2.45, 2.75) is 31.1 Å². The van der Waals surface area contributed by atoms with Gasteiger partial charge in [0, 0.05) is 13.1 Å². The van der Waals surface area contributed by atoms with Crippen LogP contribution < -0.4 is 5.73 Å². The van der Waals surface area contributed by atoms with E-state index in [1.165, 1.54) is 18.2 Å². The first-order valence-corrected chi connectivity index (χ1v) is 8.32. The number of hydrogen-bond donors (Lipinski definition) is 1. The Balaban J connectivity index is 2.28. The van der Waals surface area contributed by atoms with Gasteiger partial charge in [0.2, 0.25) is 10.0 Å². The number of halogens is 1. The summed E-state index contributed by atoms with van der Waals surface area (Å²) < 4.78 is 26.6. The first kappa shape index (κ1) is 14.6. The molecule has 1 aromatic rings. The molecule has 0 spiro atoms. The van der Waals surface area contributed by atoms with Crippen LogP contribution in [0.1, 0.15) is 26.2 Å². The smallest absolute Gasteiger partial charge is 0.243 e. The maximum Gasteiger partial charge on any atom is 0.243 e. The lowest BCUT2D eigenvalue weighted by molar-refractivity contribution is 0.261. The molecule has 1 aliphatic rings. The Morgan fingerprint density at radius 3 is 2.84 bits per heavy atom. The van der Waals surface area contributed by atoms with Crippen LogP contribution in [-0.2, 0) is 10.0 Å². The van der Waals surface area contributed by atoms with Crippen LogP contribution in [0.5, 0.6) is 0 Å². The van der Waals surface area contributed by atoms with Gasteiger partial charge in [0.25, 0.3) is 0 Å². The van der Waals surface area contributed by atoms with Crippen molar-refractivity contribution in [2.24, 2.45) is 5.92 Å². The molecule has 0 radical (unpaired) electrons. The summed E-state index contributed by atoms with van der Waals surface area (Å²) in [5.74, 6) is 0.452. The number of benzene rings is 1. The number of sulfonamides is 1. The van der Waals surface area contributed by atoms with Crippen LogP contribution in [0.3, 0.4) is 0 Å². The van der Waals surface area contributed by atoms with Gasteiger partial charge in [-0.05, 0) is 37.0 Å². The fourth-order valence-corrected chi connectivity index (χ4v) is 4.22. The van der Waals surface area contributed by atoms with E-state index < -0.39 is 10.0 Å². The first-order chi connectivity index (χ1) is 8.95. The Kier molecular flexibility index (Phi) is 4.38. The second kappa shape index (κ2) is 5.69. The average molecular weight is 303 g/mol. The zero-order chi connectivity index (χ0) is 14.0. The largest absolute Gasteiger partial charge is 0.398 e. The summed E-state index contributed by atoms with van der Waals surface area (Å²) in [7, 11) is -3.45. The Hall–Kier alpha value is -0.780. The summed E-state index contributed by atoms with van der Waals surface area (Å²) in [4.78, 5) is 0.225. The predicted molar refractivity (Wildman–Crippen MR) is 77.6 cm³/mol. The van der Waals surface area contributed by atoms with E-state index in [9.17, 15) is 8.42 Å². The van der Waals surface area contributed by atoms with E-state index in [0.717, 1.165) is 19.3 Å². The van der Waals surface area contributed by atoms with Crippen molar-refractivity contribution in [1.29, 1.82) is 0 Å². The van der Waals surface area contributed by atoms with Crippen LogP contribution in [0.15, 0.2) is 23.1 Å². The third kappa shape index (κ3) is 3.04. The van der Waals surface area contributed by atoms with Gasteiger partial charge in [0.15, 0.2) is 0 Å². The fourth-order valence-electron chi connectivity index (χ4n) is 2.40. The molecule has 1 saturated heterocycles. The van der Waals surface area contributed by atoms with Gasteiger partial charge in [-0.25, -0.2) is 8.42 Å². The van der Waals surface area contributed by atoms with Crippen LogP contribution in [0.2, 0.25) is 5.02 Å². The van der Waals surface area contributed by atoms with Crippen LogP contribution >= 0.6 is 11.6 Å². The van der Waals surface area contributed by atoms with E-state index in [2.05, 4.69) is 6.92 Å². The SMILES string of the molecule is CCC1CCCN(S(=O)(=O)c2ccc(N)c(Cl)c2)C1. The average Bonchev–Trinajstić information content (AvgIpc) is 2.41. The number of hydrogen-bond acceptors (Lipinski definition) is 3. The van der Waals surface area contributed by atoms with Crippen molar-refractivity contribution in [3.8, 4) is 0 Å². The highest BCUT2D eigenvalue weighted by atomic mass is 35.5. The van der Waals surface area contributed by atoms with Gasteiger partial charge in [-0.3, -0.25) is 0 Å². The molecule has 0 bridgehead atoms. The summed E-state index contributed by atoms with van der Waals surface area (Å²) in [5, 5.41) is 0.283. The molecule has 19 heavy (non-hydrogen) atoms. The van der Waals surface area contributed by atoms with Gasteiger partial charge in [-0.1, -0.05) is 24.9 Å². The van der Waals surface area contributed by atoms with Crippen molar-refractivity contribution in [2.75, 3.05) is 18.8 Å². The van der Waals surface area contributed by atoms with Crippen LogP contribution in [0, 0.1) is 5.92 Å². The highest BCUT2D eigenvalue weighted by Gasteiger charge is 2.29. The molecule has 0 aliphatic carbocycles. The second-order valence-electron chi connectivity index (χ2n) is 4.96. The van der Waals surface area contributed by atoms with Gasteiger partial charge in [-0.2, -0.15) is 4.31 Å². The number of rotatable bonds is 3. The summed E-state index contributed by atoms with van der Waals surface area (Å²) in [6.45, 7) is 3.28. The van der Waals surface area contributed by atoms with E-state index in [0.29, 0.717) is 24.7 Å². The molecule has 1 aliphatic heterocycles. The van der Waals surface area contributed by atoms with E-state index in [1.807, 2.05) is 0 Å². The first-order valence-electron chi connectivity index (χ1n) is 6.50. The van der Waals surface area contributed by atoms with Crippen molar-refractivity contribution in [1.82, 2.24) is 4.31 Å². The van der Waals surface area contributed by atoms with Crippen LogP contribution in [0.4, 0.5) is 5.69 Å². The molecule has 1 unspecified atom stereocenters. The maximum atomic E-state index is 12.5. The van der Waals surface area contributed by atoms with E-state index in [-0.39, 0.29) is 9.92 Å². The zero-order valence-corrected chi connectivity index (χ0v) is 12.5. The number of nitrogen functional groups attached to an aromatic ring is 1. The predicted octanol–water partition coefficient (Wildman–Crippen LogP) is 2.73. The Morgan fingerprint density at radius 2 is 2.21 bits per heavy atom. The molecule has 1 aromatic carbocycles. The monoisotopic (exact) mass is 302 g/mol. The highest BCUT2D eigenvalue weighted by molar-refractivity contribution is 7.89. The molecule has 0 amide bonds. The number of nitrogens with two attached hydrogens (primary N) is 1. The molecule has 1 atom stereocenters. The molecule has 2 rings (SSSR count). The van der Waals surface area contributed by atoms with E-state index in [4.69, 9.17) is 17.3 Å². The molecule has 4 nitrogen and oxygen atoms in total. The summed E-state index contributed by atoms with van der Waals surface area (Å²) in [5.41, 5.74) is 6.01. The lowest BCUT2D eigenvalue weighted by atomic mass is 9.97. The Labute approximate surface area is 119 Å². The van der Waals surface area contributed by atoms with Crippen molar-refractivity contribution in [3.05, 3.63) is 23.2 Å². The third-order valence-electron chi connectivity index (χ3n) is 3.67. The van der Waals surface area contributed by atoms with Gasteiger partial charge < -0.3 is 5.73 Å². The van der Waals surface area contributed by atoms with E-state index >= 15 is 0 Å². The van der Waals surface area contributed by atoms with Crippen LogP contribution in [0.25, 0.3) is 0 Å². The number of nitrogens with zero attached hydrogens (tertiary/aromatic N) is 1. The van der Waals surface area contributed by atoms with Crippen molar-refractivity contribution >= 4 is 27.3 Å². The Morgan fingerprint density at radius 1 is 1.47 bits per heavy atom. The molecule has 2 N–H and O–H groups in total. The normalized spacial score (nSPS) is 21.5. The minimum absolute atomic E-state index is 0.225. The number of piperidine rings is 1. The Bertz CT molecular complexity index is 560. The van der Waals surface area contributed by atoms with Crippen molar-refractivity contribution in [3.63, 3.8) is 0 Å². The molecule has 6 heteroatoms. The molecule has 106 valence electrons. The standard InChI is InChI=1S/C13H19ClN2O2S/c1-2-10-4-3-7-16(9-10)19(17,18)11-5-6-13(15)12(14)8-11/h5-6,8,10H,2-4,7,9,15H2,1H3. The van der Waals surface area contributed by atoms with Crippen LogP contribution in [-0.4, -0.2) is 25.8 Å². The molecule has 1 heterocycles. The van der Waals surface area contributed by atoms with E-state index in [1.54, 1.807) is 4.31 Å². The summed E-state index contributed by atoms with van der Waals surface area (Å²) >= 11 is 5.91. The summed E-state index contributed by atoms with van der Waals surface area (Å²) in [6, 6.07) is 4.49. The van der Waals surface area contributed by atoms with Gasteiger partial charge in [-0.15, -0.1) is 0 Å². The quantitative estimate of drug-likeness (QED) is 0.873. The zero-order valence-electron chi connectivity index (χ0n) is 11.0.